The van der Waals surface area contributed by atoms with Crippen molar-refractivity contribution in [3.05, 3.63) is 100 Å². The number of aryl methyl sites for hydroxylation is 1. The lowest BCUT2D eigenvalue weighted by atomic mass is 10.2. The number of para-hydroxylation sites is 1. The highest BCUT2D eigenvalue weighted by atomic mass is 32.2. The van der Waals surface area contributed by atoms with Crippen molar-refractivity contribution in [3.63, 3.8) is 0 Å². The normalized spacial score (nSPS) is 11.0. The Labute approximate surface area is 161 Å². The summed E-state index contributed by atoms with van der Waals surface area (Å²) in [7, 11) is 0. The molecule has 4 rings (SSSR count). The maximum Gasteiger partial charge on any atom is 0.262 e. The summed E-state index contributed by atoms with van der Waals surface area (Å²) in [5, 5.41) is 1.37. The van der Waals surface area contributed by atoms with Crippen LogP contribution in [0.1, 0.15) is 16.7 Å². The molecule has 0 atom stereocenters. The van der Waals surface area contributed by atoms with Gasteiger partial charge in [-0.25, -0.2) is 4.98 Å². The van der Waals surface area contributed by atoms with Crippen molar-refractivity contribution in [1.82, 2.24) is 14.5 Å². The van der Waals surface area contributed by atoms with E-state index in [0.717, 1.165) is 22.0 Å². The van der Waals surface area contributed by atoms with Crippen LogP contribution in [0, 0.1) is 6.92 Å². The lowest BCUT2D eigenvalue weighted by Crippen LogP contribution is -2.24. The number of nitrogens with zero attached hydrogens (tertiary/aromatic N) is 3. The Morgan fingerprint density at radius 2 is 1.85 bits per heavy atom. The number of hydrogen-bond acceptors (Lipinski definition) is 4. The van der Waals surface area contributed by atoms with Gasteiger partial charge in [-0.1, -0.05) is 59.8 Å². The lowest BCUT2D eigenvalue weighted by Gasteiger charge is -2.13. The molecule has 0 fully saturated rings. The minimum absolute atomic E-state index is 0.0174. The number of aromatic nitrogens is 3. The van der Waals surface area contributed by atoms with E-state index in [2.05, 4.69) is 36.2 Å². The fourth-order valence-electron chi connectivity index (χ4n) is 3.02. The molecule has 2 heterocycles. The number of fused-ring (bicyclic) bond motifs is 1. The van der Waals surface area contributed by atoms with Crippen molar-refractivity contribution < 1.29 is 0 Å². The van der Waals surface area contributed by atoms with Crippen molar-refractivity contribution in [1.29, 1.82) is 0 Å². The molecule has 5 heteroatoms. The summed E-state index contributed by atoms with van der Waals surface area (Å²) < 4.78 is 1.75. The van der Waals surface area contributed by atoms with E-state index in [0.29, 0.717) is 11.9 Å². The Morgan fingerprint density at radius 1 is 1.00 bits per heavy atom. The summed E-state index contributed by atoms with van der Waals surface area (Å²) in [5.74, 6) is 0.763. The van der Waals surface area contributed by atoms with Gasteiger partial charge in [0.2, 0.25) is 0 Å². The van der Waals surface area contributed by atoms with Gasteiger partial charge in [0.25, 0.3) is 5.56 Å². The van der Waals surface area contributed by atoms with Gasteiger partial charge in [-0.05, 0) is 36.2 Å². The molecule has 0 saturated carbocycles. The first-order valence-corrected chi connectivity index (χ1v) is 9.76. The van der Waals surface area contributed by atoms with Gasteiger partial charge in [-0.3, -0.25) is 14.3 Å². The first-order chi connectivity index (χ1) is 13.2. The van der Waals surface area contributed by atoms with Crippen LogP contribution in [0.25, 0.3) is 10.9 Å². The molecule has 0 spiro atoms. The average molecular weight is 373 g/mol. The number of hydrogen-bond donors (Lipinski definition) is 0. The molecular weight excluding hydrogens is 354 g/mol. The molecule has 0 aliphatic rings. The molecule has 4 aromatic rings. The Kier molecular flexibility index (Phi) is 5.03. The predicted octanol–water partition coefficient (Wildman–Crippen LogP) is 4.44. The number of thioether (sulfide) groups is 1. The Bertz CT molecular complexity index is 1140. The highest BCUT2D eigenvalue weighted by Crippen LogP contribution is 2.23. The van der Waals surface area contributed by atoms with E-state index in [4.69, 9.17) is 4.98 Å². The second-order valence-electron chi connectivity index (χ2n) is 6.44. The van der Waals surface area contributed by atoms with Crippen LogP contribution < -0.4 is 5.56 Å². The minimum Gasteiger partial charge on any atom is -0.283 e. The van der Waals surface area contributed by atoms with E-state index in [1.165, 1.54) is 11.1 Å². The standard InChI is InChI=1S/C22H19N3OS/c1-16-6-4-7-17(12-16)15-27-22-24-20-10-3-2-9-19(20)21(26)25(22)14-18-8-5-11-23-13-18/h2-13H,14-15H2,1H3. The van der Waals surface area contributed by atoms with Crippen molar-refractivity contribution in [3.8, 4) is 0 Å². The molecule has 0 amide bonds. The molecular formula is C22H19N3OS. The fraction of sp³-hybridized carbons (Fsp3) is 0.136. The lowest BCUT2D eigenvalue weighted by molar-refractivity contribution is 0.656. The smallest absolute Gasteiger partial charge is 0.262 e. The minimum atomic E-state index is -0.0174. The number of pyridine rings is 1. The molecule has 0 saturated heterocycles. The predicted molar refractivity (Wildman–Crippen MR) is 110 cm³/mol. The average Bonchev–Trinajstić information content (AvgIpc) is 2.70. The molecule has 0 radical (unpaired) electrons. The third kappa shape index (κ3) is 3.93. The molecule has 0 N–H and O–H groups in total. The van der Waals surface area contributed by atoms with Crippen LogP contribution in [0.4, 0.5) is 0 Å². The molecule has 0 aliphatic heterocycles. The molecule has 0 aliphatic carbocycles. The zero-order valence-corrected chi connectivity index (χ0v) is 15.8. The quantitative estimate of drug-likeness (QED) is 0.383. The number of rotatable bonds is 5. The first-order valence-electron chi connectivity index (χ1n) is 8.77. The molecule has 0 unspecified atom stereocenters. The van der Waals surface area contributed by atoms with E-state index in [1.807, 2.05) is 36.4 Å². The van der Waals surface area contributed by atoms with Crippen LogP contribution >= 0.6 is 11.8 Å². The molecule has 2 aromatic carbocycles. The molecule has 134 valence electrons. The van der Waals surface area contributed by atoms with Gasteiger partial charge in [0.05, 0.1) is 17.4 Å². The summed E-state index contributed by atoms with van der Waals surface area (Å²) in [6.07, 6.45) is 3.52. The summed E-state index contributed by atoms with van der Waals surface area (Å²) in [6.45, 7) is 2.54. The van der Waals surface area contributed by atoms with Crippen LogP contribution in [-0.4, -0.2) is 14.5 Å². The topological polar surface area (TPSA) is 47.8 Å². The SMILES string of the molecule is Cc1cccc(CSc2nc3ccccc3c(=O)n2Cc2cccnc2)c1. The Hall–Kier alpha value is -2.92. The highest BCUT2D eigenvalue weighted by Gasteiger charge is 2.12. The van der Waals surface area contributed by atoms with Crippen LogP contribution in [0.2, 0.25) is 0 Å². The van der Waals surface area contributed by atoms with Gasteiger partial charge in [-0.2, -0.15) is 0 Å². The third-order valence-corrected chi connectivity index (χ3v) is 5.39. The molecule has 2 aromatic heterocycles. The second kappa shape index (κ2) is 7.76. The largest absolute Gasteiger partial charge is 0.283 e. The highest BCUT2D eigenvalue weighted by molar-refractivity contribution is 7.98. The van der Waals surface area contributed by atoms with Crippen LogP contribution in [0.5, 0.6) is 0 Å². The van der Waals surface area contributed by atoms with Crippen molar-refractivity contribution in [2.75, 3.05) is 0 Å². The Balaban J connectivity index is 1.75. The molecule has 27 heavy (non-hydrogen) atoms. The van der Waals surface area contributed by atoms with Crippen molar-refractivity contribution in [2.45, 2.75) is 24.4 Å². The summed E-state index contributed by atoms with van der Waals surface area (Å²) in [6, 6.07) is 19.8. The zero-order valence-electron chi connectivity index (χ0n) is 15.0. The van der Waals surface area contributed by atoms with Crippen LogP contribution in [0.15, 0.2) is 83.0 Å². The maximum absolute atomic E-state index is 13.1. The van der Waals surface area contributed by atoms with E-state index >= 15 is 0 Å². The molecule has 4 nitrogen and oxygen atoms in total. The van der Waals surface area contributed by atoms with Crippen LogP contribution in [-0.2, 0) is 12.3 Å². The summed E-state index contributed by atoms with van der Waals surface area (Å²) in [5.41, 5.74) is 4.14. The van der Waals surface area contributed by atoms with Gasteiger partial charge in [0.15, 0.2) is 5.16 Å². The second-order valence-corrected chi connectivity index (χ2v) is 7.38. The van der Waals surface area contributed by atoms with Gasteiger partial charge >= 0.3 is 0 Å². The summed E-state index contributed by atoms with van der Waals surface area (Å²) in [4.78, 5) is 22.0. The number of benzene rings is 2. The third-order valence-electron chi connectivity index (χ3n) is 4.34. The van der Waals surface area contributed by atoms with Gasteiger partial charge in [0.1, 0.15) is 0 Å². The summed E-state index contributed by atoms with van der Waals surface area (Å²) >= 11 is 1.59. The van der Waals surface area contributed by atoms with E-state index in [9.17, 15) is 4.79 Å². The first kappa shape index (κ1) is 17.5. The van der Waals surface area contributed by atoms with Crippen molar-refractivity contribution >= 4 is 22.7 Å². The monoisotopic (exact) mass is 373 g/mol. The van der Waals surface area contributed by atoms with E-state index in [-0.39, 0.29) is 5.56 Å². The Morgan fingerprint density at radius 3 is 2.67 bits per heavy atom. The van der Waals surface area contributed by atoms with E-state index in [1.54, 1.807) is 28.7 Å². The van der Waals surface area contributed by atoms with Crippen molar-refractivity contribution in [2.24, 2.45) is 0 Å². The molecule has 0 bridgehead atoms. The van der Waals surface area contributed by atoms with Gasteiger partial charge in [-0.15, -0.1) is 0 Å². The van der Waals surface area contributed by atoms with E-state index < -0.39 is 0 Å². The van der Waals surface area contributed by atoms with Crippen LogP contribution in [0.3, 0.4) is 0 Å². The zero-order chi connectivity index (χ0) is 18.6. The van der Waals surface area contributed by atoms with Gasteiger partial charge < -0.3 is 0 Å². The fourth-order valence-corrected chi connectivity index (χ4v) is 3.96. The maximum atomic E-state index is 13.1. The van der Waals surface area contributed by atoms with Gasteiger partial charge in [0, 0.05) is 18.1 Å².